The van der Waals surface area contributed by atoms with Gasteiger partial charge in [0.15, 0.2) is 0 Å². The highest BCUT2D eigenvalue weighted by atomic mass is 15.1. The van der Waals surface area contributed by atoms with Crippen molar-refractivity contribution in [3.8, 4) is 11.3 Å². The summed E-state index contributed by atoms with van der Waals surface area (Å²) in [5.41, 5.74) is 10.2. The Bertz CT molecular complexity index is 1310. The van der Waals surface area contributed by atoms with Gasteiger partial charge in [-0.15, -0.1) is 0 Å². The summed E-state index contributed by atoms with van der Waals surface area (Å²) in [6, 6.07) is 13.6. The molecule has 3 heterocycles. The molecule has 0 radical (unpaired) electrons. The number of rotatable bonds is 3. The Morgan fingerprint density at radius 2 is 1.93 bits per heavy atom. The third-order valence-electron chi connectivity index (χ3n) is 6.38. The zero-order chi connectivity index (χ0) is 20.3. The first kappa shape index (κ1) is 18.1. The second kappa shape index (κ2) is 6.55. The van der Waals surface area contributed by atoms with Gasteiger partial charge in [0.2, 0.25) is 11.2 Å². The van der Waals surface area contributed by atoms with Crippen molar-refractivity contribution in [2.75, 3.05) is 0 Å². The molecule has 146 valence electrons. The molecule has 4 aromatic rings. The molecule has 2 aromatic carbocycles. The van der Waals surface area contributed by atoms with Crippen molar-refractivity contribution < 1.29 is 4.57 Å². The summed E-state index contributed by atoms with van der Waals surface area (Å²) in [5.74, 6) is 1.79. The number of nitrogens with zero attached hydrogens (tertiary/aromatic N) is 3. The maximum Gasteiger partial charge on any atom is 0.213 e. The highest BCUT2D eigenvalue weighted by Gasteiger charge is 2.22. The van der Waals surface area contributed by atoms with Crippen LogP contribution in [-0.4, -0.2) is 9.55 Å². The standard InChI is InChI=1S/C26H28N3/c1-16(2)14-19-8-6-9-23-20(19)11-12-24(28(23)5)21-15-22-26(18(4)17(21)3)29-13-7-10-25(29)27-22/h6-9,11-13,15-16H,10,14H2,1-5H3/q+1. The molecule has 0 N–H and O–H groups in total. The fourth-order valence-corrected chi connectivity index (χ4v) is 4.81. The van der Waals surface area contributed by atoms with Gasteiger partial charge in [0.1, 0.15) is 12.9 Å². The van der Waals surface area contributed by atoms with Crippen molar-refractivity contribution in [1.29, 1.82) is 0 Å². The first-order valence-electron chi connectivity index (χ1n) is 10.5. The Morgan fingerprint density at radius 3 is 2.72 bits per heavy atom. The second-order valence-electron chi connectivity index (χ2n) is 8.75. The summed E-state index contributed by atoms with van der Waals surface area (Å²) in [4.78, 5) is 4.91. The Labute approximate surface area is 172 Å². The molecule has 3 nitrogen and oxygen atoms in total. The minimum Gasteiger partial charge on any atom is -0.303 e. The molecule has 0 bridgehead atoms. The van der Waals surface area contributed by atoms with Crippen LogP contribution in [0.3, 0.4) is 0 Å². The number of aryl methyl sites for hydroxylation is 2. The van der Waals surface area contributed by atoms with Crippen LogP contribution in [0.15, 0.2) is 42.5 Å². The van der Waals surface area contributed by atoms with Gasteiger partial charge in [-0.1, -0.05) is 32.1 Å². The number of allylic oxidation sites excluding steroid dienone is 1. The maximum atomic E-state index is 4.91. The molecule has 0 atom stereocenters. The van der Waals surface area contributed by atoms with E-state index in [1.165, 1.54) is 44.4 Å². The van der Waals surface area contributed by atoms with Crippen molar-refractivity contribution in [3.63, 3.8) is 0 Å². The fourth-order valence-electron chi connectivity index (χ4n) is 4.81. The highest BCUT2D eigenvalue weighted by molar-refractivity contribution is 5.90. The predicted molar refractivity (Wildman–Crippen MR) is 121 cm³/mol. The summed E-state index contributed by atoms with van der Waals surface area (Å²) in [6.45, 7) is 9.03. The lowest BCUT2D eigenvalue weighted by atomic mass is 9.95. The Morgan fingerprint density at radius 1 is 1.10 bits per heavy atom. The highest BCUT2D eigenvalue weighted by Crippen LogP contribution is 2.33. The lowest BCUT2D eigenvalue weighted by Crippen LogP contribution is -2.32. The van der Waals surface area contributed by atoms with Crippen molar-refractivity contribution in [1.82, 2.24) is 9.55 Å². The third-order valence-corrected chi connectivity index (χ3v) is 6.38. The van der Waals surface area contributed by atoms with Crippen LogP contribution in [0.25, 0.3) is 39.4 Å². The SMILES string of the molecule is Cc1c(-c2ccc3c(CC(C)C)cccc3[n+]2C)cc2nc3n(c2c1C)C=CC3. The van der Waals surface area contributed by atoms with Gasteiger partial charge in [-0.05, 0) is 55.0 Å². The van der Waals surface area contributed by atoms with Crippen LogP contribution in [0.4, 0.5) is 0 Å². The second-order valence-corrected chi connectivity index (χ2v) is 8.75. The first-order valence-corrected chi connectivity index (χ1v) is 10.5. The summed E-state index contributed by atoms with van der Waals surface area (Å²) in [5, 5.41) is 1.36. The average Bonchev–Trinajstić information content (AvgIpc) is 3.26. The third kappa shape index (κ3) is 2.71. The smallest absolute Gasteiger partial charge is 0.213 e. The van der Waals surface area contributed by atoms with Crippen LogP contribution in [0.2, 0.25) is 0 Å². The normalized spacial score (nSPS) is 13.2. The van der Waals surface area contributed by atoms with E-state index in [1.807, 2.05) is 0 Å². The summed E-state index contributed by atoms with van der Waals surface area (Å²) >= 11 is 0. The molecule has 0 saturated carbocycles. The van der Waals surface area contributed by atoms with E-state index in [0.29, 0.717) is 5.92 Å². The molecule has 29 heavy (non-hydrogen) atoms. The average molecular weight is 383 g/mol. The molecule has 0 spiro atoms. The van der Waals surface area contributed by atoms with E-state index < -0.39 is 0 Å². The molecule has 0 saturated heterocycles. The first-order chi connectivity index (χ1) is 14.0. The van der Waals surface area contributed by atoms with Crippen molar-refractivity contribution in [2.45, 2.75) is 40.5 Å². The summed E-state index contributed by atoms with van der Waals surface area (Å²) < 4.78 is 4.59. The summed E-state index contributed by atoms with van der Waals surface area (Å²) in [7, 11) is 2.19. The molecular formula is C26H28N3+. The molecule has 0 unspecified atom stereocenters. The fraction of sp³-hybridized carbons (Fsp3) is 0.308. The van der Waals surface area contributed by atoms with Crippen LogP contribution in [-0.2, 0) is 19.9 Å². The largest absolute Gasteiger partial charge is 0.303 e. The molecule has 3 heteroatoms. The minimum atomic E-state index is 0.648. The lowest BCUT2D eigenvalue weighted by molar-refractivity contribution is -0.633. The monoisotopic (exact) mass is 382 g/mol. The molecule has 1 aliphatic heterocycles. The maximum absolute atomic E-state index is 4.91. The van der Waals surface area contributed by atoms with Crippen molar-refractivity contribution in [3.05, 3.63) is 65.0 Å². The lowest BCUT2D eigenvalue weighted by Gasteiger charge is -2.12. The van der Waals surface area contributed by atoms with Gasteiger partial charge in [-0.2, -0.15) is 4.57 Å². The van der Waals surface area contributed by atoms with Crippen molar-refractivity contribution in [2.24, 2.45) is 13.0 Å². The number of fused-ring (bicyclic) bond motifs is 4. The molecule has 1 aliphatic rings. The van der Waals surface area contributed by atoms with E-state index in [0.717, 1.165) is 24.2 Å². The zero-order valence-electron chi connectivity index (χ0n) is 18.0. The van der Waals surface area contributed by atoms with Crippen LogP contribution in [0, 0.1) is 19.8 Å². The molecule has 0 amide bonds. The minimum absolute atomic E-state index is 0.648. The van der Waals surface area contributed by atoms with Gasteiger partial charge >= 0.3 is 0 Å². The quantitative estimate of drug-likeness (QED) is 0.427. The van der Waals surface area contributed by atoms with Gasteiger partial charge in [0.25, 0.3) is 0 Å². The number of imidazole rings is 1. The van der Waals surface area contributed by atoms with Crippen LogP contribution in [0.5, 0.6) is 0 Å². The Hall–Kier alpha value is -2.94. The Balaban J connectivity index is 1.74. The molecule has 0 fully saturated rings. The van der Waals surface area contributed by atoms with E-state index in [2.05, 4.69) is 92.6 Å². The predicted octanol–water partition coefficient (Wildman–Crippen LogP) is 5.52. The van der Waals surface area contributed by atoms with E-state index in [-0.39, 0.29) is 0 Å². The number of aromatic nitrogens is 3. The van der Waals surface area contributed by atoms with E-state index in [4.69, 9.17) is 4.98 Å². The molecular weight excluding hydrogens is 354 g/mol. The van der Waals surface area contributed by atoms with E-state index in [1.54, 1.807) is 0 Å². The number of benzene rings is 2. The van der Waals surface area contributed by atoms with Crippen LogP contribution < -0.4 is 4.57 Å². The summed E-state index contributed by atoms with van der Waals surface area (Å²) in [6.07, 6.45) is 6.37. The zero-order valence-corrected chi connectivity index (χ0v) is 18.0. The van der Waals surface area contributed by atoms with Gasteiger partial charge in [-0.3, -0.25) is 0 Å². The van der Waals surface area contributed by atoms with Gasteiger partial charge in [0, 0.05) is 30.1 Å². The van der Waals surface area contributed by atoms with Gasteiger partial charge in [-0.25, -0.2) is 4.98 Å². The van der Waals surface area contributed by atoms with Crippen molar-refractivity contribution >= 4 is 28.1 Å². The van der Waals surface area contributed by atoms with Gasteiger partial charge in [0.05, 0.1) is 16.6 Å². The van der Waals surface area contributed by atoms with E-state index >= 15 is 0 Å². The van der Waals surface area contributed by atoms with Crippen LogP contribution in [0.1, 0.15) is 36.4 Å². The number of pyridine rings is 1. The number of hydrogen-bond donors (Lipinski definition) is 0. The Kier molecular flexibility index (Phi) is 4.09. The van der Waals surface area contributed by atoms with E-state index in [9.17, 15) is 0 Å². The van der Waals surface area contributed by atoms with Gasteiger partial charge < -0.3 is 4.57 Å². The molecule has 2 aromatic heterocycles. The topological polar surface area (TPSA) is 21.7 Å². The van der Waals surface area contributed by atoms with Crippen LogP contribution >= 0.6 is 0 Å². The molecule has 0 aliphatic carbocycles. The molecule has 5 rings (SSSR count). The number of hydrogen-bond acceptors (Lipinski definition) is 1.